The molecule has 6 nitrogen and oxygen atoms in total. The van der Waals surface area contributed by atoms with Crippen molar-refractivity contribution in [2.24, 2.45) is 5.16 Å². The number of carbonyl (C=O) groups excluding carboxylic acids is 2. The zero-order valence-electron chi connectivity index (χ0n) is 18.2. The predicted molar refractivity (Wildman–Crippen MR) is 131 cm³/mol. The topological polar surface area (TPSA) is 77.0 Å². The Morgan fingerprint density at radius 2 is 1.67 bits per heavy atom. The van der Waals surface area contributed by atoms with Gasteiger partial charge in [0.1, 0.15) is 12.4 Å². The number of oxime groups is 1. The highest BCUT2D eigenvalue weighted by molar-refractivity contribution is 8.15. The Balaban J connectivity index is 1.26. The first-order valence-corrected chi connectivity index (χ1v) is 11.5. The first kappa shape index (κ1) is 22.6. The third-order valence-electron chi connectivity index (χ3n) is 5.16. The molecule has 4 rings (SSSR count). The molecule has 1 N–H and O–H groups in total. The van der Waals surface area contributed by atoms with E-state index in [1.807, 2.05) is 67.6 Å². The molecule has 7 heteroatoms. The SMILES string of the molecule is C/C(=N\OCCOc1ccc(CC2SC(=O)NC2=O)cc1)c1ccccc1-c1ccccc1. The summed E-state index contributed by atoms with van der Waals surface area (Å²) in [6, 6.07) is 25.8. The molecule has 0 aromatic heterocycles. The fourth-order valence-electron chi connectivity index (χ4n) is 3.52. The number of hydrogen-bond acceptors (Lipinski definition) is 6. The summed E-state index contributed by atoms with van der Waals surface area (Å²) in [7, 11) is 0. The van der Waals surface area contributed by atoms with Crippen molar-refractivity contribution in [1.82, 2.24) is 5.32 Å². The lowest BCUT2D eigenvalue weighted by Gasteiger charge is -2.10. The number of hydrogen-bond donors (Lipinski definition) is 1. The quantitative estimate of drug-likeness (QED) is 0.274. The molecule has 3 aromatic rings. The molecule has 0 radical (unpaired) electrons. The zero-order chi connectivity index (χ0) is 23.0. The first-order chi connectivity index (χ1) is 16.1. The summed E-state index contributed by atoms with van der Waals surface area (Å²) in [5, 5.41) is 5.91. The summed E-state index contributed by atoms with van der Waals surface area (Å²) in [4.78, 5) is 28.4. The Labute approximate surface area is 197 Å². The van der Waals surface area contributed by atoms with Crippen LogP contribution in [0.1, 0.15) is 18.1 Å². The van der Waals surface area contributed by atoms with Crippen molar-refractivity contribution in [2.45, 2.75) is 18.6 Å². The highest BCUT2D eigenvalue weighted by atomic mass is 32.2. The number of nitrogens with one attached hydrogen (secondary N) is 1. The van der Waals surface area contributed by atoms with Gasteiger partial charge in [0.2, 0.25) is 5.91 Å². The zero-order valence-corrected chi connectivity index (χ0v) is 19.0. The summed E-state index contributed by atoms with van der Waals surface area (Å²) >= 11 is 1.03. The van der Waals surface area contributed by atoms with E-state index in [1.165, 1.54) is 0 Å². The van der Waals surface area contributed by atoms with Gasteiger partial charge in [-0.25, -0.2) is 0 Å². The summed E-state index contributed by atoms with van der Waals surface area (Å²) in [5.74, 6) is 0.474. The van der Waals surface area contributed by atoms with Crippen LogP contribution in [0.5, 0.6) is 5.75 Å². The van der Waals surface area contributed by atoms with Gasteiger partial charge in [-0.15, -0.1) is 0 Å². The minimum absolute atomic E-state index is 0.232. The fourth-order valence-corrected chi connectivity index (χ4v) is 4.38. The Morgan fingerprint density at radius 3 is 2.39 bits per heavy atom. The van der Waals surface area contributed by atoms with E-state index in [2.05, 4.69) is 28.7 Å². The van der Waals surface area contributed by atoms with E-state index in [9.17, 15) is 9.59 Å². The van der Waals surface area contributed by atoms with E-state index in [-0.39, 0.29) is 16.4 Å². The average Bonchev–Trinajstić information content (AvgIpc) is 3.16. The van der Waals surface area contributed by atoms with Crippen LogP contribution in [0.2, 0.25) is 0 Å². The van der Waals surface area contributed by atoms with Gasteiger partial charge in [0, 0.05) is 5.56 Å². The molecule has 33 heavy (non-hydrogen) atoms. The van der Waals surface area contributed by atoms with Gasteiger partial charge < -0.3 is 9.57 Å². The van der Waals surface area contributed by atoms with Gasteiger partial charge in [-0.3, -0.25) is 14.9 Å². The number of benzene rings is 3. The highest BCUT2D eigenvalue weighted by Crippen LogP contribution is 2.25. The molecule has 1 aliphatic rings. The summed E-state index contributed by atoms with van der Waals surface area (Å²) in [5.41, 5.74) is 5.03. The first-order valence-electron chi connectivity index (χ1n) is 10.6. The molecule has 0 aliphatic carbocycles. The van der Waals surface area contributed by atoms with Crippen LogP contribution >= 0.6 is 11.8 Å². The minimum Gasteiger partial charge on any atom is -0.490 e. The van der Waals surface area contributed by atoms with Crippen LogP contribution in [0.15, 0.2) is 84.0 Å². The molecule has 1 fully saturated rings. The lowest BCUT2D eigenvalue weighted by atomic mass is 9.97. The molecule has 1 atom stereocenters. The summed E-state index contributed by atoms with van der Waals surface area (Å²) in [6.45, 7) is 2.59. The van der Waals surface area contributed by atoms with Gasteiger partial charge in [0.05, 0.1) is 11.0 Å². The molecule has 1 aliphatic heterocycles. The molecule has 168 valence electrons. The Bertz CT molecular complexity index is 1150. The standard InChI is InChI=1S/C26H24N2O4S/c1-18(22-9-5-6-10-23(22)20-7-3-2-4-8-20)28-32-16-15-31-21-13-11-19(12-14-21)17-24-25(29)27-26(30)33-24/h2-14,24H,15-17H2,1H3,(H,27,29,30)/b28-18+. The van der Waals surface area contributed by atoms with Crippen molar-refractivity contribution in [3.05, 3.63) is 90.0 Å². The van der Waals surface area contributed by atoms with Crippen LogP contribution in [-0.2, 0) is 16.1 Å². The lowest BCUT2D eigenvalue weighted by molar-refractivity contribution is -0.118. The van der Waals surface area contributed by atoms with Gasteiger partial charge in [-0.1, -0.05) is 83.6 Å². The van der Waals surface area contributed by atoms with E-state index in [0.29, 0.717) is 25.4 Å². The molecule has 2 amide bonds. The number of carbonyl (C=O) groups is 2. The third kappa shape index (κ3) is 6.02. The predicted octanol–water partition coefficient (Wildman–Crippen LogP) is 5.07. The van der Waals surface area contributed by atoms with E-state index in [1.54, 1.807) is 0 Å². The molecule has 0 spiro atoms. The Kier molecular flexibility index (Phi) is 7.42. The monoisotopic (exact) mass is 460 g/mol. The van der Waals surface area contributed by atoms with Gasteiger partial charge in [-0.05, 0) is 42.2 Å². The van der Waals surface area contributed by atoms with E-state index in [4.69, 9.17) is 9.57 Å². The van der Waals surface area contributed by atoms with Crippen molar-refractivity contribution in [3.63, 3.8) is 0 Å². The molecule has 0 saturated carbocycles. The van der Waals surface area contributed by atoms with Crippen molar-refractivity contribution < 1.29 is 19.2 Å². The second-order valence-corrected chi connectivity index (χ2v) is 8.68. The van der Waals surface area contributed by atoms with E-state index < -0.39 is 0 Å². The number of ether oxygens (including phenoxy) is 1. The number of imide groups is 1. The average molecular weight is 461 g/mol. The lowest BCUT2D eigenvalue weighted by Crippen LogP contribution is -2.25. The van der Waals surface area contributed by atoms with Crippen LogP contribution in [0.25, 0.3) is 11.1 Å². The van der Waals surface area contributed by atoms with Crippen LogP contribution < -0.4 is 10.1 Å². The van der Waals surface area contributed by atoms with Gasteiger partial charge in [0.15, 0.2) is 6.61 Å². The van der Waals surface area contributed by atoms with Gasteiger partial charge >= 0.3 is 0 Å². The Hall–Kier alpha value is -3.58. The molecule has 1 heterocycles. The maximum atomic E-state index is 11.7. The molecule has 3 aromatic carbocycles. The van der Waals surface area contributed by atoms with Crippen LogP contribution in [-0.4, -0.2) is 35.3 Å². The van der Waals surface area contributed by atoms with Crippen molar-refractivity contribution >= 4 is 28.6 Å². The molecule has 0 bridgehead atoms. The largest absolute Gasteiger partial charge is 0.490 e. The highest BCUT2D eigenvalue weighted by Gasteiger charge is 2.31. The normalized spacial score (nSPS) is 15.9. The van der Waals surface area contributed by atoms with Crippen molar-refractivity contribution in [1.29, 1.82) is 0 Å². The number of thioether (sulfide) groups is 1. The van der Waals surface area contributed by atoms with E-state index in [0.717, 1.165) is 39.7 Å². The molecular formula is C26H24N2O4S. The smallest absolute Gasteiger partial charge is 0.286 e. The maximum Gasteiger partial charge on any atom is 0.286 e. The third-order valence-corrected chi connectivity index (χ3v) is 6.14. The van der Waals surface area contributed by atoms with Crippen LogP contribution in [0.3, 0.4) is 0 Å². The fraction of sp³-hybridized carbons (Fsp3) is 0.192. The molecule has 1 saturated heterocycles. The maximum absolute atomic E-state index is 11.7. The molecule has 1 unspecified atom stereocenters. The second-order valence-electron chi connectivity index (χ2n) is 7.50. The minimum atomic E-state index is -0.370. The van der Waals surface area contributed by atoms with Gasteiger partial charge in [0.25, 0.3) is 5.24 Å². The van der Waals surface area contributed by atoms with Crippen LogP contribution in [0.4, 0.5) is 4.79 Å². The molecular weight excluding hydrogens is 436 g/mol. The van der Waals surface area contributed by atoms with Crippen molar-refractivity contribution in [2.75, 3.05) is 13.2 Å². The Morgan fingerprint density at radius 1 is 0.939 bits per heavy atom. The van der Waals surface area contributed by atoms with Crippen LogP contribution in [0, 0.1) is 0 Å². The van der Waals surface area contributed by atoms with E-state index >= 15 is 0 Å². The second kappa shape index (κ2) is 10.8. The summed E-state index contributed by atoms with van der Waals surface area (Å²) < 4.78 is 5.72. The van der Waals surface area contributed by atoms with Crippen molar-refractivity contribution in [3.8, 4) is 16.9 Å². The van der Waals surface area contributed by atoms with Gasteiger partial charge in [-0.2, -0.15) is 0 Å². The number of amides is 2. The number of rotatable bonds is 9. The summed E-state index contributed by atoms with van der Waals surface area (Å²) in [6.07, 6.45) is 0.504. The number of nitrogens with zero attached hydrogens (tertiary/aromatic N) is 1.